The summed E-state index contributed by atoms with van der Waals surface area (Å²) in [5, 5.41) is 3.41. The van der Waals surface area contributed by atoms with Crippen LogP contribution in [0.15, 0.2) is 18.5 Å². The fourth-order valence-corrected chi connectivity index (χ4v) is 2.11. The first-order valence-electron chi connectivity index (χ1n) is 6.38. The van der Waals surface area contributed by atoms with Gasteiger partial charge in [-0.2, -0.15) is 0 Å². The molecule has 1 aliphatic rings. The van der Waals surface area contributed by atoms with Gasteiger partial charge in [0.15, 0.2) is 0 Å². The highest BCUT2D eigenvalue weighted by molar-refractivity contribution is 5.23. The third-order valence-corrected chi connectivity index (χ3v) is 2.92. The van der Waals surface area contributed by atoms with Crippen molar-refractivity contribution in [1.82, 2.24) is 15.2 Å². The molecule has 2 heterocycles. The summed E-state index contributed by atoms with van der Waals surface area (Å²) >= 11 is 0. The smallest absolute Gasteiger partial charge is 0.137 e. The molecule has 17 heavy (non-hydrogen) atoms. The number of ether oxygens (including phenoxy) is 1. The van der Waals surface area contributed by atoms with Crippen molar-refractivity contribution in [1.29, 1.82) is 0 Å². The van der Waals surface area contributed by atoms with Crippen LogP contribution in [0.4, 0.5) is 0 Å². The van der Waals surface area contributed by atoms with Gasteiger partial charge in [0.2, 0.25) is 0 Å². The number of nitrogens with one attached hydrogen (secondary N) is 1. The third kappa shape index (κ3) is 3.98. The van der Waals surface area contributed by atoms with E-state index in [9.17, 15) is 0 Å². The zero-order valence-corrected chi connectivity index (χ0v) is 10.5. The molecular formula is C13H21N3O. The van der Waals surface area contributed by atoms with Crippen molar-refractivity contribution < 1.29 is 4.74 Å². The van der Waals surface area contributed by atoms with Crippen LogP contribution in [0.5, 0.6) is 5.75 Å². The molecule has 94 valence electrons. The summed E-state index contributed by atoms with van der Waals surface area (Å²) in [6.07, 6.45) is 4.93. The molecule has 2 rings (SSSR count). The summed E-state index contributed by atoms with van der Waals surface area (Å²) in [5.41, 5.74) is 1.23. The van der Waals surface area contributed by atoms with Gasteiger partial charge in [-0.05, 0) is 38.1 Å². The number of pyridine rings is 1. The Bertz CT molecular complexity index is 335. The van der Waals surface area contributed by atoms with Gasteiger partial charge in [-0.15, -0.1) is 0 Å². The van der Waals surface area contributed by atoms with Crippen LogP contribution < -0.4 is 10.1 Å². The van der Waals surface area contributed by atoms with Crippen LogP contribution in [0.3, 0.4) is 0 Å². The lowest BCUT2D eigenvalue weighted by molar-refractivity contribution is 0.282. The van der Waals surface area contributed by atoms with E-state index in [0.717, 1.165) is 38.5 Å². The van der Waals surface area contributed by atoms with E-state index in [-0.39, 0.29) is 0 Å². The maximum Gasteiger partial charge on any atom is 0.137 e. The van der Waals surface area contributed by atoms with E-state index >= 15 is 0 Å². The monoisotopic (exact) mass is 235 g/mol. The fraction of sp³-hybridized carbons (Fsp3) is 0.615. The van der Waals surface area contributed by atoms with Crippen LogP contribution in [0, 0.1) is 0 Å². The fourth-order valence-electron chi connectivity index (χ4n) is 2.11. The third-order valence-electron chi connectivity index (χ3n) is 2.92. The van der Waals surface area contributed by atoms with Gasteiger partial charge in [0.25, 0.3) is 0 Å². The highest BCUT2D eigenvalue weighted by Gasteiger charge is 2.09. The average Bonchev–Trinajstić information content (AvgIpc) is 2.59. The molecule has 1 fully saturated rings. The zero-order valence-electron chi connectivity index (χ0n) is 10.5. The predicted octanol–water partition coefficient (Wildman–Crippen LogP) is 1.28. The molecule has 1 N–H and O–H groups in total. The Kier molecular flexibility index (Phi) is 4.76. The second kappa shape index (κ2) is 6.57. The van der Waals surface area contributed by atoms with Crippen molar-refractivity contribution in [2.24, 2.45) is 0 Å². The van der Waals surface area contributed by atoms with Gasteiger partial charge in [0.05, 0.1) is 12.8 Å². The molecule has 4 heteroatoms. The lowest BCUT2D eigenvalue weighted by Gasteiger charge is -2.19. The highest BCUT2D eigenvalue weighted by atomic mass is 16.5. The van der Waals surface area contributed by atoms with E-state index in [4.69, 9.17) is 4.74 Å². The van der Waals surface area contributed by atoms with Gasteiger partial charge in [0, 0.05) is 25.8 Å². The van der Waals surface area contributed by atoms with Crippen LogP contribution in [0.25, 0.3) is 0 Å². The lowest BCUT2D eigenvalue weighted by Crippen LogP contribution is -2.27. The number of hydrogen-bond acceptors (Lipinski definition) is 4. The van der Waals surface area contributed by atoms with Crippen molar-refractivity contribution in [3.05, 3.63) is 24.0 Å². The van der Waals surface area contributed by atoms with Crippen molar-refractivity contribution >= 4 is 0 Å². The van der Waals surface area contributed by atoms with Crippen molar-refractivity contribution in [2.75, 3.05) is 32.8 Å². The van der Waals surface area contributed by atoms with E-state index in [0.29, 0.717) is 6.61 Å². The molecule has 0 radical (unpaired) electrons. The summed E-state index contributed by atoms with van der Waals surface area (Å²) in [4.78, 5) is 6.69. The number of aromatic nitrogens is 1. The topological polar surface area (TPSA) is 37.4 Å². The van der Waals surface area contributed by atoms with Crippen LogP contribution >= 0.6 is 0 Å². The van der Waals surface area contributed by atoms with E-state index in [2.05, 4.69) is 21.3 Å². The molecule has 0 aliphatic carbocycles. The minimum atomic E-state index is 0.693. The molecule has 0 aromatic carbocycles. The van der Waals surface area contributed by atoms with E-state index in [1.807, 2.05) is 13.1 Å². The van der Waals surface area contributed by atoms with Crippen molar-refractivity contribution in [2.45, 2.75) is 19.9 Å². The molecule has 0 atom stereocenters. The highest BCUT2D eigenvalue weighted by Crippen LogP contribution is 2.13. The minimum Gasteiger partial charge on any atom is -0.492 e. The quantitative estimate of drug-likeness (QED) is 0.853. The number of hydrogen-bond donors (Lipinski definition) is 1. The van der Waals surface area contributed by atoms with Crippen LogP contribution in [-0.2, 0) is 6.54 Å². The van der Waals surface area contributed by atoms with Gasteiger partial charge in [-0.1, -0.05) is 0 Å². The first-order valence-corrected chi connectivity index (χ1v) is 6.38. The number of rotatable bonds is 4. The van der Waals surface area contributed by atoms with Gasteiger partial charge in [-0.25, -0.2) is 0 Å². The van der Waals surface area contributed by atoms with Crippen LogP contribution in [0.1, 0.15) is 18.9 Å². The Morgan fingerprint density at radius 2 is 2.29 bits per heavy atom. The van der Waals surface area contributed by atoms with Crippen LogP contribution in [0.2, 0.25) is 0 Å². The predicted molar refractivity (Wildman–Crippen MR) is 68.2 cm³/mol. The Morgan fingerprint density at radius 3 is 3.18 bits per heavy atom. The summed E-state index contributed by atoms with van der Waals surface area (Å²) < 4.78 is 5.47. The van der Waals surface area contributed by atoms with Gasteiger partial charge < -0.3 is 10.1 Å². The molecular weight excluding hydrogens is 214 g/mol. The van der Waals surface area contributed by atoms with E-state index < -0.39 is 0 Å². The van der Waals surface area contributed by atoms with E-state index in [1.54, 1.807) is 6.20 Å². The average molecular weight is 235 g/mol. The second-order valence-electron chi connectivity index (χ2n) is 4.34. The SMILES string of the molecule is CCOc1cncc(CN2CCCNCC2)c1. The summed E-state index contributed by atoms with van der Waals surface area (Å²) in [6.45, 7) is 8.14. The molecule has 1 aromatic heterocycles. The maximum absolute atomic E-state index is 5.47. The Morgan fingerprint density at radius 1 is 1.35 bits per heavy atom. The summed E-state index contributed by atoms with van der Waals surface area (Å²) in [7, 11) is 0. The first kappa shape index (κ1) is 12.3. The second-order valence-corrected chi connectivity index (χ2v) is 4.34. The molecule has 0 saturated carbocycles. The number of nitrogens with zero attached hydrogens (tertiary/aromatic N) is 2. The van der Waals surface area contributed by atoms with Gasteiger partial charge in [0.1, 0.15) is 5.75 Å². The first-order chi connectivity index (χ1) is 8.38. The van der Waals surface area contributed by atoms with Gasteiger partial charge >= 0.3 is 0 Å². The Labute approximate surface area is 103 Å². The molecule has 0 unspecified atom stereocenters. The molecule has 1 aromatic rings. The molecule has 1 aliphatic heterocycles. The molecule has 0 spiro atoms. The Hall–Kier alpha value is -1.13. The minimum absolute atomic E-state index is 0.693. The standard InChI is InChI=1S/C13H21N3O/c1-2-17-13-8-12(9-15-10-13)11-16-6-3-4-14-5-7-16/h8-10,14H,2-7,11H2,1H3. The van der Waals surface area contributed by atoms with Crippen molar-refractivity contribution in [3.63, 3.8) is 0 Å². The molecule has 0 amide bonds. The van der Waals surface area contributed by atoms with Gasteiger partial charge in [-0.3, -0.25) is 9.88 Å². The summed E-state index contributed by atoms with van der Waals surface area (Å²) in [5.74, 6) is 0.873. The summed E-state index contributed by atoms with van der Waals surface area (Å²) in [6, 6.07) is 2.09. The normalized spacial score (nSPS) is 17.7. The molecule has 1 saturated heterocycles. The Balaban J connectivity index is 1.94. The lowest BCUT2D eigenvalue weighted by atomic mass is 10.2. The zero-order chi connectivity index (χ0) is 11.9. The van der Waals surface area contributed by atoms with E-state index in [1.165, 1.54) is 12.0 Å². The molecule has 4 nitrogen and oxygen atoms in total. The molecule has 0 bridgehead atoms. The maximum atomic E-state index is 5.47. The van der Waals surface area contributed by atoms with Crippen molar-refractivity contribution in [3.8, 4) is 5.75 Å². The largest absolute Gasteiger partial charge is 0.492 e. The van der Waals surface area contributed by atoms with Crippen LogP contribution in [-0.4, -0.2) is 42.7 Å².